The van der Waals surface area contributed by atoms with Crippen molar-refractivity contribution >= 4 is 11.6 Å². The highest BCUT2D eigenvalue weighted by atomic mass is 19.2. The maximum Gasteiger partial charge on any atom is 0.285 e. The number of nitrogens with zero attached hydrogens (tertiary/aromatic N) is 2. The highest BCUT2D eigenvalue weighted by Gasteiger charge is 2.32. The third kappa shape index (κ3) is 3.62. The largest absolute Gasteiger partial charge is 0.330 e. The normalized spacial score (nSPS) is 11.1. The molecule has 0 aliphatic heterocycles. The highest BCUT2D eigenvalue weighted by molar-refractivity contribution is 5.98. The van der Waals surface area contributed by atoms with E-state index in [9.17, 15) is 23.7 Å². The van der Waals surface area contributed by atoms with E-state index >= 15 is 0 Å². The van der Waals surface area contributed by atoms with E-state index in [1.807, 2.05) is 0 Å². The van der Waals surface area contributed by atoms with Crippen molar-refractivity contribution in [1.29, 1.82) is 0 Å². The van der Waals surface area contributed by atoms with Gasteiger partial charge in [-0.15, -0.1) is 6.58 Å². The van der Waals surface area contributed by atoms with Crippen molar-refractivity contribution in [1.82, 2.24) is 4.90 Å². The van der Waals surface area contributed by atoms with Crippen molar-refractivity contribution < 1.29 is 18.5 Å². The minimum atomic E-state index is -1.37. The van der Waals surface area contributed by atoms with Crippen molar-refractivity contribution in [2.45, 2.75) is 26.3 Å². The molecule has 0 radical (unpaired) electrons. The fraction of sp³-hybridized carbons (Fsp3) is 0.357. The van der Waals surface area contributed by atoms with Crippen LogP contribution in [0.25, 0.3) is 0 Å². The topological polar surface area (TPSA) is 63.5 Å². The molecule has 1 amide bonds. The maximum absolute atomic E-state index is 13.3. The fourth-order valence-corrected chi connectivity index (χ4v) is 1.79. The quantitative estimate of drug-likeness (QED) is 0.486. The highest BCUT2D eigenvalue weighted by Crippen LogP contribution is 2.26. The summed E-state index contributed by atoms with van der Waals surface area (Å²) < 4.78 is 26.5. The van der Waals surface area contributed by atoms with Gasteiger partial charge in [0.15, 0.2) is 11.6 Å². The average molecular weight is 298 g/mol. The molecule has 0 aliphatic carbocycles. The molecule has 0 N–H and O–H groups in total. The predicted octanol–water partition coefficient (Wildman–Crippen LogP) is 3.30. The molecule has 1 rings (SSSR count). The van der Waals surface area contributed by atoms with Crippen LogP contribution < -0.4 is 0 Å². The second-order valence-electron chi connectivity index (χ2n) is 5.42. The fourth-order valence-electron chi connectivity index (χ4n) is 1.79. The Hall–Kier alpha value is -2.31. The van der Waals surface area contributed by atoms with Crippen molar-refractivity contribution in [3.05, 3.63) is 52.1 Å². The Kier molecular flexibility index (Phi) is 4.77. The van der Waals surface area contributed by atoms with E-state index < -0.39 is 39.3 Å². The monoisotopic (exact) mass is 298 g/mol. The van der Waals surface area contributed by atoms with Crippen molar-refractivity contribution in [3.8, 4) is 0 Å². The molecule has 0 spiro atoms. The molecule has 0 aliphatic rings. The first-order valence-corrected chi connectivity index (χ1v) is 6.16. The van der Waals surface area contributed by atoms with Crippen LogP contribution in [-0.2, 0) is 0 Å². The summed E-state index contributed by atoms with van der Waals surface area (Å²) in [5.74, 6) is -3.44. The van der Waals surface area contributed by atoms with Crippen LogP contribution in [0.1, 0.15) is 31.1 Å². The molecule has 0 heterocycles. The van der Waals surface area contributed by atoms with Gasteiger partial charge in [0.1, 0.15) is 5.56 Å². The molecule has 0 atom stereocenters. The van der Waals surface area contributed by atoms with E-state index in [0.717, 1.165) is 0 Å². The zero-order valence-corrected chi connectivity index (χ0v) is 12.0. The number of carbonyl (C=O) groups excluding carboxylic acids is 1. The standard InChI is InChI=1S/C14H16F2N2O3/c1-5-6-17(14(2,3)4)13(19)9-7-10(15)11(16)8-12(9)18(20)21/h5,7-8H,1,6H2,2-4H3. The summed E-state index contributed by atoms with van der Waals surface area (Å²) in [6, 6.07) is 0.967. The number of halogens is 2. The third-order valence-corrected chi connectivity index (χ3v) is 2.83. The smallest absolute Gasteiger partial charge is 0.285 e. The molecule has 114 valence electrons. The van der Waals surface area contributed by atoms with Gasteiger partial charge in [0.2, 0.25) is 0 Å². The van der Waals surface area contributed by atoms with E-state index in [4.69, 9.17) is 0 Å². The molecule has 0 saturated carbocycles. The first-order valence-electron chi connectivity index (χ1n) is 6.16. The minimum absolute atomic E-state index is 0.123. The molecule has 1 aromatic carbocycles. The van der Waals surface area contributed by atoms with Gasteiger partial charge < -0.3 is 4.90 Å². The number of hydrogen-bond acceptors (Lipinski definition) is 3. The molecule has 0 bridgehead atoms. The van der Waals surface area contributed by atoms with Crippen molar-refractivity contribution in [3.63, 3.8) is 0 Å². The summed E-state index contributed by atoms with van der Waals surface area (Å²) in [6.45, 7) is 8.81. The number of nitro groups is 1. The van der Waals surface area contributed by atoms with Crippen molar-refractivity contribution in [2.75, 3.05) is 6.54 Å². The molecule has 5 nitrogen and oxygen atoms in total. The Balaban J connectivity index is 3.43. The molecule has 0 aromatic heterocycles. The maximum atomic E-state index is 13.3. The van der Waals surface area contributed by atoms with Crippen LogP contribution in [0, 0.1) is 21.7 Å². The van der Waals surface area contributed by atoms with Crippen molar-refractivity contribution in [2.24, 2.45) is 0 Å². The number of benzene rings is 1. The summed E-state index contributed by atoms with van der Waals surface area (Å²) >= 11 is 0. The van der Waals surface area contributed by atoms with Crippen LogP contribution in [0.5, 0.6) is 0 Å². The van der Waals surface area contributed by atoms with Gasteiger partial charge in [-0.3, -0.25) is 14.9 Å². The number of rotatable bonds is 4. The summed E-state index contributed by atoms with van der Waals surface area (Å²) in [7, 11) is 0. The van der Waals surface area contributed by atoms with Gasteiger partial charge in [-0.2, -0.15) is 0 Å². The first kappa shape index (κ1) is 16.7. The lowest BCUT2D eigenvalue weighted by atomic mass is 10.0. The summed E-state index contributed by atoms with van der Waals surface area (Å²) in [4.78, 5) is 23.8. The average Bonchev–Trinajstić information content (AvgIpc) is 2.36. The van der Waals surface area contributed by atoms with Crippen LogP contribution in [0.4, 0.5) is 14.5 Å². The number of hydrogen-bond donors (Lipinski definition) is 0. The van der Waals surface area contributed by atoms with Crippen LogP contribution in [-0.4, -0.2) is 27.8 Å². The Morgan fingerprint density at radius 1 is 1.38 bits per heavy atom. The predicted molar refractivity (Wildman–Crippen MR) is 74.0 cm³/mol. The SMILES string of the molecule is C=CCN(C(=O)c1cc(F)c(F)cc1[N+](=O)[O-])C(C)(C)C. The van der Waals surface area contributed by atoms with Crippen LogP contribution in [0.15, 0.2) is 24.8 Å². The number of amides is 1. The van der Waals surface area contributed by atoms with Gasteiger partial charge in [0, 0.05) is 12.1 Å². The Labute approximate surface area is 121 Å². The zero-order valence-electron chi connectivity index (χ0n) is 12.0. The Morgan fingerprint density at radius 3 is 2.33 bits per heavy atom. The minimum Gasteiger partial charge on any atom is -0.330 e. The van der Waals surface area contributed by atoms with E-state index in [2.05, 4.69) is 6.58 Å². The first-order chi connectivity index (χ1) is 9.59. The lowest BCUT2D eigenvalue weighted by Gasteiger charge is -2.34. The number of carbonyl (C=O) groups is 1. The molecule has 0 fully saturated rings. The Morgan fingerprint density at radius 2 is 1.90 bits per heavy atom. The summed E-state index contributed by atoms with van der Waals surface area (Å²) in [6.07, 6.45) is 1.45. The van der Waals surface area contributed by atoms with Crippen LogP contribution in [0.2, 0.25) is 0 Å². The van der Waals surface area contributed by atoms with E-state index in [1.165, 1.54) is 11.0 Å². The second-order valence-corrected chi connectivity index (χ2v) is 5.42. The molecular formula is C14H16F2N2O3. The summed E-state index contributed by atoms with van der Waals surface area (Å²) in [5, 5.41) is 10.9. The second kappa shape index (κ2) is 5.99. The van der Waals surface area contributed by atoms with Gasteiger partial charge >= 0.3 is 0 Å². The van der Waals surface area contributed by atoms with Gasteiger partial charge in [-0.1, -0.05) is 6.08 Å². The summed E-state index contributed by atoms with van der Waals surface area (Å²) in [5.41, 5.74) is -1.92. The van der Waals surface area contributed by atoms with Gasteiger partial charge in [-0.05, 0) is 26.8 Å². The molecular weight excluding hydrogens is 282 g/mol. The molecule has 21 heavy (non-hydrogen) atoms. The molecule has 0 saturated heterocycles. The van der Waals surface area contributed by atoms with Crippen LogP contribution >= 0.6 is 0 Å². The molecule has 0 unspecified atom stereocenters. The third-order valence-electron chi connectivity index (χ3n) is 2.83. The zero-order chi connectivity index (χ0) is 16.4. The van der Waals surface area contributed by atoms with E-state index in [1.54, 1.807) is 20.8 Å². The van der Waals surface area contributed by atoms with Gasteiger partial charge in [-0.25, -0.2) is 8.78 Å². The van der Waals surface area contributed by atoms with E-state index in [0.29, 0.717) is 12.1 Å². The molecule has 1 aromatic rings. The number of nitro benzene ring substituents is 1. The Bertz CT molecular complexity index is 595. The lowest BCUT2D eigenvalue weighted by Crippen LogP contribution is -2.45. The van der Waals surface area contributed by atoms with Crippen LogP contribution in [0.3, 0.4) is 0 Å². The van der Waals surface area contributed by atoms with E-state index in [-0.39, 0.29) is 6.54 Å². The lowest BCUT2D eigenvalue weighted by molar-refractivity contribution is -0.385. The van der Waals surface area contributed by atoms with Gasteiger partial charge in [0.25, 0.3) is 11.6 Å². The molecule has 7 heteroatoms. The van der Waals surface area contributed by atoms with Gasteiger partial charge in [0.05, 0.1) is 11.0 Å².